The lowest BCUT2D eigenvalue weighted by atomic mass is 9.91. The molecule has 174 valence electrons. The molecular weight excluding hydrogens is 426 g/mol. The Morgan fingerprint density at radius 2 is 1.28 bits per heavy atom. The molecule has 2 aromatic rings. The topological polar surface area (TPSA) is 104 Å². The Balaban J connectivity index is 2.31. The molecule has 0 spiro atoms. The molecule has 7 nitrogen and oxygen atoms in total. The van der Waals surface area contributed by atoms with Crippen LogP contribution in [0, 0.1) is 27.7 Å². The van der Waals surface area contributed by atoms with Gasteiger partial charge in [0.15, 0.2) is 0 Å². The van der Waals surface area contributed by atoms with Crippen molar-refractivity contribution in [3.63, 3.8) is 0 Å². The molecule has 2 amide bonds. The maximum atomic E-state index is 12.9. The largest absolute Gasteiger partial charge is 0.350 e. The summed E-state index contributed by atoms with van der Waals surface area (Å²) >= 11 is 0. The third-order valence-corrected chi connectivity index (χ3v) is 7.30. The predicted octanol–water partition coefficient (Wildman–Crippen LogP) is 4.46. The van der Waals surface area contributed by atoms with Crippen LogP contribution in [0.25, 0.3) is 0 Å². The van der Waals surface area contributed by atoms with Gasteiger partial charge in [0.25, 0.3) is 11.8 Å². The molecule has 3 N–H and O–H groups in total. The summed E-state index contributed by atoms with van der Waals surface area (Å²) in [6, 6.07) is 6.29. The van der Waals surface area contributed by atoms with Crippen LogP contribution in [0.3, 0.4) is 0 Å². The van der Waals surface area contributed by atoms with E-state index in [1.807, 2.05) is 41.5 Å². The van der Waals surface area contributed by atoms with Gasteiger partial charge < -0.3 is 10.6 Å². The molecule has 0 atom stereocenters. The van der Waals surface area contributed by atoms with Crippen LogP contribution in [0.2, 0.25) is 0 Å². The zero-order valence-electron chi connectivity index (χ0n) is 20.0. The summed E-state index contributed by atoms with van der Waals surface area (Å²) in [5.41, 5.74) is 5.40. The highest BCUT2D eigenvalue weighted by atomic mass is 32.2. The lowest BCUT2D eigenvalue weighted by Crippen LogP contribution is -2.31. The minimum Gasteiger partial charge on any atom is -0.350 e. The molecule has 8 heteroatoms. The zero-order valence-corrected chi connectivity index (χ0v) is 20.8. The summed E-state index contributed by atoms with van der Waals surface area (Å²) in [5, 5.41) is 5.33. The second-order valence-corrected chi connectivity index (χ2v) is 10.8. The normalized spacial score (nSPS) is 11.6. The van der Waals surface area contributed by atoms with Crippen LogP contribution in [0.15, 0.2) is 24.3 Å². The smallest absolute Gasteiger partial charge is 0.255 e. The van der Waals surface area contributed by atoms with E-state index >= 15 is 0 Å². The molecule has 0 aliphatic heterocycles. The number of hydrogen-bond acceptors (Lipinski definition) is 4. The van der Waals surface area contributed by atoms with Crippen molar-refractivity contribution in [2.24, 2.45) is 0 Å². The van der Waals surface area contributed by atoms with E-state index in [0.717, 1.165) is 22.3 Å². The number of anilines is 2. The Labute approximate surface area is 191 Å². The van der Waals surface area contributed by atoms with Crippen molar-refractivity contribution in [3.05, 3.63) is 57.6 Å². The van der Waals surface area contributed by atoms with Crippen molar-refractivity contribution in [1.82, 2.24) is 5.32 Å². The fraction of sp³-hybridized carbons (Fsp3) is 0.417. The number of amides is 2. The second kappa shape index (κ2) is 9.73. The average molecular weight is 460 g/mol. The maximum Gasteiger partial charge on any atom is 0.255 e. The van der Waals surface area contributed by atoms with Gasteiger partial charge in [0.1, 0.15) is 0 Å². The van der Waals surface area contributed by atoms with E-state index in [1.165, 1.54) is 0 Å². The first kappa shape index (κ1) is 25.4. The molecule has 2 aromatic carbocycles. The number of carbonyl (C=O) groups is 2. The number of sulfonamides is 1. The molecule has 0 aromatic heterocycles. The molecule has 0 radical (unpaired) electrons. The van der Waals surface area contributed by atoms with E-state index in [1.54, 1.807) is 38.1 Å². The van der Waals surface area contributed by atoms with Gasteiger partial charge >= 0.3 is 0 Å². The van der Waals surface area contributed by atoms with E-state index in [9.17, 15) is 18.0 Å². The van der Waals surface area contributed by atoms with E-state index in [2.05, 4.69) is 15.4 Å². The van der Waals surface area contributed by atoms with Crippen molar-refractivity contribution in [2.75, 3.05) is 10.0 Å². The SMILES string of the molecule is Cc1c(C)c(C(=O)NC(C)C)c(C)c(C)c1NC(=O)c1ccc(NS(=O)(=O)C(C)C)cc1. The summed E-state index contributed by atoms with van der Waals surface area (Å²) in [6.07, 6.45) is 0. The van der Waals surface area contributed by atoms with Gasteiger partial charge in [-0.25, -0.2) is 8.42 Å². The number of carbonyl (C=O) groups excluding carboxylic acids is 2. The average Bonchev–Trinajstić information content (AvgIpc) is 2.69. The molecule has 0 aliphatic rings. The number of nitrogens with one attached hydrogen (secondary N) is 3. The van der Waals surface area contributed by atoms with Crippen molar-refractivity contribution < 1.29 is 18.0 Å². The highest BCUT2D eigenvalue weighted by Crippen LogP contribution is 2.31. The van der Waals surface area contributed by atoms with Gasteiger partial charge in [-0.05, 0) is 102 Å². The molecule has 2 rings (SSSR count). The molecule has 0 saturated heterocycles. The summed E-state index contributed by atoms with van der Waals surface area (Å²) < 4.78 is 26.5. The number of rotatable bonds is 7. The van der Waals surface area contributed by atoms with E-state index in [4.69, 9.17) is 0 Å². The van der Waals surface area contributed by atoms with Crippen molar-refractivity contribution >= 4 is 33.2 Å². The summed E-state index contributed by atoms with van der Waals surface area (Å²) in [5.74, 6) is -0.439. The van der Waals surface area contributed by atoms with Crippen LogP contribution in [0.5, 0.6) is 0 Å². The first-order valence-electron chi connectivity index (χ1n) is 10.6. The zero-order chi connectivity index (χ0) is 24.4. The lowest BCUT2D eigenvalue weighted by molar-refractivity contribution is 0.0941. The molecule has 0 saturated carbocycles. The fourth-order valence-corrected chi connectivity index (χ4v) is 4.03. The summed E-state index contributed by atoms with van der Waals surface area (Å²) in [7, 11) is -3.46. The quantitative estimate of drug-likeness (QED) is 0.568. The minimum atomic E-state index is -3.46. The van der Waals surface area contributed by atoms with Crippen LogP contribution < -0.4 is 15.4 Å². The Morgan fingerprint density at radius 3 is 1.72 bits per heavy atom. The molecular formula is C24H33N3O4S. The van der Waals surface area contributed by atoms with Gasteiger partial charge in [-0.15, -0.1) is 0 Å². The predicted molar refractivity (Wildman–Crippen MR) is 130 cm³/mol. The van der Waals surface area contributed by atoms with Gasteiger partial charge in [0.05, 0.1) is 5.25 Å². The van der Waals surface area contributed by atoms with Crippen LogP contribution in [-0.4, -0.2) is 31.5 Å². The van der Waals surface area contributed by atoms with Gasteiger partial charge in [0.2, 0.25) is 10.0 Å². The first-order chi connectivity index (χ1) is 14.8. The Hall–Kier alpha value is -2.87. The van der Waals surface area contributed by atoms with Crippen molar-refractivity contribution in [2.45, 2.75) is 66.7 Å². The van der Waals surface area contributed by atoms with E-state index in [-0.39, 0.29) is 17.9 Å². The highest BCUT2D eigenvalue weighted by Gasteiger charge is 2.22. The van der Waals surface area contributed by atoms with Gasteiger partial charge in [-0.1, -0.05) is 0 Å². The number of benzene rings is 2. The molecule has 32 heavy (non-hydrogen) atoms. The third kappa shape index (κ3) is 5.48. The fourth-order valence-electron chi connectivity index (χ4n) is 3.33. The molecule has 0 aliphatic carbocycles. The maximum absolute atomic E-state index is 12.9. The van der Waals surface area contributed by atoms with Crippen molar-refractivity contribution in [3.8, 4) is 0 Å². The monoisotopic (exact) mass is 459 g/mol. The molecule has 0 unspecified atom stereocenters. The van der Waals surface area contributed by atoms with Crippen molar-refractivity contribution in [1.29, 1.82) is 0 Å². The van der Waals surface area contributed by atoms with E-state index < -0.39 is 15.3 Å². The van der Waals surface area contributed by atoms with Crippen LogP contribution in [0.1, 0.15) is 70.7 Å². The van der Waals surface area contributed by atoms with Crippen LogP contribution >= 0.6 is 0 Å². The lowest BCUT2D eigenvalue weighted by Gasteiger charge is -2.21. The van der Waals surface area contributed by atoms with Gasteiger partial charge in [-0.3, -0.25) is 14.3 Å². The standard InChI is InChI=1S/C24H33N3O4S/c1-13(2)25-24(29)21-15(5)17(7)22(18(8)16(21)6)26-23(28)19-9-11-20(12-10-19)27-32(30,31)14(3)4/h9-14,27H,1-8H3,(H,25,29)(H,26,28). The second-order valence-electron chi connectivity index (χ2n) is 8.61. The first-order valence-corrected chi connectivity index (χ1v) is 12.1. The third-order valence-electron chi connectivity index (χ3n) is 5.54. The summed E-state index contributed by atoms with van der Waals surface area (Å²) in [6.45, 7) is 14.5. The number of hydrogen-bond donors (Lipinski definition) is 3. The van der Waals surface area contributed by atoms with Crippen LogP contribution in [-0.2, 0) is 10.0 Å². The Kier molecular flexibility index (Phi) is 7.72. The summed E-state index contributed by atoms with van der Waals surface area (Å²) in [4.78, 5) is 25.6. The Bertz CT molecular complexity index is 1110. The highest BCUT2D eigenvalue weighted by molar-refractivity contribution is 7.93. The molecule has 0 heterocycles. The van der Waals surface area contributed by atoms with Crippen LogP contribution in [0.4, 0.5) is 11.4 Å². The van der Waals surface area contributed by atoms with Gasteiger partial charge in [0, 0.05) is 28.5 Å². The van der Waals surface area contributed by atoms with Gasteiger partial charge in [-0.2, -0.15) is 0 Å². The molecule has 0 bridgehead atoms. The Morgan fingerprint density at radius 1 is 0.781 bits per heavy atom. The van der Waals surface area contributed by atoms with E-state index in [0.29, 0.717) is 22.5 Å². The minimum absolute atomic E-state index is 0.0225. The molecule has 0 fully saturated rings.